The Labute approximate surface area is 257 Å². The van der Waals surface area contributed by atoms with Gasteiger partial charge in [0.1, 0.15) is 0 Å². The number of hydrogen-bond acceptors (Lipinski definition) is 7. The molecule has 4 aromatic rings. The summed E-state index contributed by atoms with van der Waals surface area (Å²) in [5, 5.41) is 13.8. The first-order valence-electron chi connectivity index (χ1n) is 15.5. The van der Waals surface area contributed by atoms with Crippen LogP contribution in [0.5, 0.6) is 0 Å². The van der Waals surface area contributed by atoms with E-state index in [9.17, 15) is 14.7 Å². The van der Waals surface area contributed by atoms with E-state index in [1.165, 1.54) is 23.0 Å². The van der Waals surface area contributed by atoms with E-state index in [1.54, 1.807) is 18.1 Å². The van der Waals surface area contributed by atoms with Crippen molar-refractivity contribution < 1.29 is 9.90 Å². The average molecular weight is 591 g/mol. The van der Waals surface area contributed by atoms with Crippen LogP contribution in [-0.2, 0) is 20.1 Å². The second kappa shape index (κ2) is 11.6. The number of aromatic nitrogens is 2. The molecule has 1 saturated heterocycles. The second-order valence-corrected chi connectivity index (χ2v) is 12.2. The Bertz CT molecular complexity index is 1770. The number of aryl methyl sites for hydroxylation is 1. The maximum absolute atomic E-state index is 13.7. The van der Waals surface area contributed by atoms with Gasteiger partial charge in [-0.05, 0) is 79.8 Å². The number of piperazine rings is 1. The van der Waals surface area contributed by atoms with E-state index in [2.05, 4.69) is 46.4 Å². The van der Waals surface area contributed by atoms with Gasteiger partial charge in [-0.25, -0.2) is 4.98 Å². The van der Waals surface area contributed by atoms with Crippen molar-refractivity contribution in [2.24, 2.45) is 7.05 Å². The van der Waals surface area contributed by atoms with Crippen LogP contribution >= 0.6 is 0 Å². The molecule has 0 unspecified atom stereocenters. The molecule has 1 saturated carbocycles. The van der Waals surface area contributed by atoms with Gasteiger partial charge in [0, 0.05) is 74.0 Å². The first-order valence-corrected chi connectivity index (χ1v) is 15.5. The fourth-order valence-corrected chi connectivity index (χ4v) is 6.42. The molecule has 3 heterocycles. The van der Waals surface area contributed by atoms with Crippen LogP contribution in [0.3, 0.4) is 0 Å². The zero-order valence-corrected chi connectivity index (χ0v) is 25.3. The molecule has 0 spiro atoms. The van der Waals surface area contributed by atoms with Crippen LogP contribution in [0.25, 0.3) is 11.3 Å². The highest BCUT2D eigenvalue weighted by molar-refractivity contribution is 6.09. The van der Waals surface area contributed by atoms with Crippen molar-refractivity contribution in [2.45, 2.75) is 31.8 Å². The van der Waals surface area contributed by atoms with Crippen LogP contribution in [0.4, 0.5) is 22.9 Å². The lowest BCUT2D eigenvalue weighted by molar-refractivity contribution is 0.0980. The Morgan fingerprint density at radius 2 is 1.68 bits per heavy atom. The molecule has 1 aliphatic carbocycles. The van der Waals surface area contributed by atoms with Crippen LogP contribution in [0.1, 0.15) is 45.8 Å². The van der Waals surface area contributed by atoms with Gasteiger partial charge in [-0.2, -0.15) is 0 Å². The largest absolute Gasteiger partial charge is 0.392 e. The molecule has 2 N–H and O–H groups in total. The predicted molar refractivity (Wildman–Crippen MR) is 174 cm³/mol. The normalized spacial score (nSPS) is 17.1. The van der Waals surface area contributed by atoms with Gasteiger partial charge in [0.05, 0.1) is 18.0 Å². The number of nitrogens with one attached hydrogen (secondary N) is 1. The molecule has 0 atom stereocenters. The third kappa shape index (κ3) is 5.37. The molecule has 1 amide bonds. The molecule has 3 aromatic carbocycles. The highest BCUT2D eigenvalue weighted by atomic mass is 16.3. The first kappa shape index (κ1) is 28.3. The Balaban J connectivity index is 1.17. The van der Waals surface area contributed by atoms with Crippen molar-refractivity contribution >= 4 is 28.8 Å². The van der Waals surface area contributed by atoms with E-state index < -0.39 is 0 Å². The molecule has 9 nitrogen and oxygen atoms in total. The molecule has 7 rings (SSSR count). The molecular weight excluding hydrogens is 552 g/mol. The van der Waals surface area contributed by atoms with Crippen LogP contribution in [0.15, 0.2) is 71.7 Å². The van der Waals surface area contributed by atoms with E-state index in [1.807, 2.05) is 36.4 Å². The van der Waals surface area contributed by atoms with Gasteiger partial charge in [0.15, 0.2) is 5.82 Å². The van der Waals surface area contributed by atoms with Crippen LogP contribution in [-0.4, -0.2) is 65.2 Å². The number of aliphatic hydroxyl groups is 1. The molecule has 2 aliphatic heterocycles. The van der Waals surface area contributed by atoms with Crippen LogP contribution in [0, 0.1) is 0 Å². The van der Waals surface area contributed by atoms with E-state index in [0.717, 1.165) is 55.1 Å². The first-order chi connectivity index (χ1) is 21.4. The Morgan fingerprint density at radius 1 is 0.909 bits per heavy atom. The quantitative estimate of drug-likeness (QED) is 0.327. The molecule has 226 valence electrons. The fourth-order valence-electron chi connectivity index (χ4n) is 6.42. The topological polar surface area (TPSA) is 93.9 Å². The van der Waals surface area contributed by atoms with E-state index in [0.29, 0.717) is 35.0 Å². The summed E-state index contributed by atoms with van der Waals surface area (Å²) in [6, 6.07) is 19.9. The number of hydrogen-bond donors (Lipinski definition) is 2. The standard InChI is InChI=1S/C35H38N6O3/c1-38-16-18-40(19-17-38)27-11-9-26(10-12-27)36-33-35(44)39(2)21-31(37-33)29-4-3-5-32(30(29)22-42)41-15-14-25-20-24(23-6-7-23)8-13-28(25)34(41)43/h3-5,8-13,20-21,23,42H,6-7,14-19,22H2,1-2H3,(H,36,37). The molecule has 0 bridgehead atoms. The zero-order chi connectivity index (χ0) is 30.4. The maximum Gasteiger partial charge on any atom is 0.293 e. The Kier molecular flexibility index (Phi) is 7.43. The minimum absolute atomic E-state index is 0.0590. The Hall–Kier alpha value is -4.47. The Morgan fingerprint density at radius 3 is 2.41 bits per heavy atom. The van der Waals surface area contributed by atoms with Crippen molar-refractivity contribution in [3.8, 4) is 11.3 Å². The number of carbonyl (C=O) groups excluding carboxylic acids is 1. The van der Waals surface area contributed by atoms with Gasteiger partial charge < -0.3 is 29.7 Å². The third-order valence-corrected chi connectivity index (χ3v) is 9.20. The van der Waals surface area contributed by atoms with Gasteiger partial charge in [0.25, 0.3) is 11.5 Å². The highest BCUT2D eigenvalue weighted by Gasteiger charge is 2.30. The number of benzene rings is 3. The van der Waals surface area contributed by atoms with Crippen molar-refractivity contribution in [1.29, 1.82) is 0 Å². The van der Waals surface area contributed by atoms with Gasteiger partial charge >= 0.3 is 0 Å². The number of anilines is 4. The smallest absolute Gasteiger partial charge is 0.293 e. The lowest BCUT2D eigenvalue weighted by atomic mass is 9.93. The molecule has 9 heteroatoms. The number of amides is 1. The summed E-state index contributed by atoms with van der Waals surface area (Å²) in [5.74, 6) is 0.776. The van der Waals surface area contributed by atoms with Crippen molar-refractivity contribution in [3.05, 3.63) is 99.5 Å². The van der Waals surface area contributed by atoms with E-state index in [-0.39, 0.29) is 23.9 Å². The van der Waals surface area contributed by atoms with Gasteiger partial charge in [-0.1, -0.05) is 24.3 Å². The highest BCUT2D eigenvalue weighted by Crippen LogP contribution is 2.41. The summed E-state index contributed by atoms with van der Waals surface area (Å²) in [7, 11) is 3.83. The summed E-state index contributed by atoms with van der Waals surface area (Å²) in [5.41, 5.74) is 7.30. The molecule has 3 aliphatic rings. The van der Waals surface area contributed by atoms with Gasteiger partial charge in [-0.3, -0.25) is 9.59 Å². The molecule has 0 radical (unpaired) electrons. The summed E-state index contributed by atoms with van der Waals surface area (Å²) in [6.45, 7) is 4.29. The molecular formula is C35H38N6O3. The van der Waals surface area contributed by atoms with E-state index in [4.69, 9.17) is 4.98 Å². The number of fused-ring (bicyclic) bond motifs is 1. The van der Waals surface area contributed by atoms with Gasteiger partial charge in [-0.15, -0.1) is 0 Å². The van der Waals surface area contributed by atoms with Crippen LogP contribution in [0.2, 0.25) is 0 Å². The minimum Gasteiger partial charge on any atom is -0.392 e. The number of nitrogens with zero attached hydrogens (tertiary/aromatic N) is 5. The lowest BCUT2D eigenvalue weighted by Crippen LogP contribution is -2.44. The SMILES string of the molecule is CN1CCN(c2ccc(Nc3nc(-c4cccc(N5CCc6cc(C7CC7)ccc6C5=O)c4CO)cn(C)c3=O)cc2)CC1. The fraction of sp³-hybridized carbons (Fsp3) is 0.343. The lowest BCUT2D eigenvalue weighted by Gasteiger charge is -2.34. The van der Waals surface area contributed by atoms with Crippen molar-refractivity contribution in [3.63, 3.8) is 0 Å². The number of rotatable bonds is 7. The maximum atomic E-state index is 13.7. The van der Waals surface area contributed by atoms with Gasteiger partial charge in [0.2, 0.25) is 0 Å². The van der Waals surface area contributed by atoms with E-state index >= 15 is 0 Å². The van der Waals surface area contributed by atoms with Crippen molar-refractivity contribution in [2.75, 3.05) is 54.9 Å². The summed E-state index contributed by atoms with van der Waals surface area (Å²) >= 11 is 0. The van der Waals surface area contributed by atoms with Crippen molar-refractivity contribution in [1.82, 2.24) is 14.5 Å². The summed E-state index contributed by atoms with van der Waals surface area (Å²) in [6.07, 6.45) is 4.89. The predicted octanol–water partition coefficient (Wildman–Crippen LogP) is 4.52. The third-order valence-electron chi connectivity index (χ3n) is 9.20. The molecule has 44 heavy (non-hydrogen) atoms. The average Bonchev–Trinajstić information content (AvgIpc) is 3.90. The number of likely N-dealkylation sites (N-methyl/N-ethyl adjacent to an activating group) is 1. The number of carbonyl (C=O) groups is 1. The number of aliphatic hydroxyl groups excluding tert-OH is 1. The summed E-state index contributed by atoms with van der Waals surface area (Å²) < 4.78 is 1.50. The molecule has 1 aromatic heterocycles. The second-order valence-electron chi connectivity index (χ2n) is 12.2. The van der Waals surface area contributed by atoms with Crippen LogP contribution < -0.4 is 20.7 Å². The minimum atomic E-state index is -0.274. The zero-order valence-electron chi connectivity index (χ0n) is 25.3. The molecule has 2 fully saturated rings. The summed E-state index contributed by atoms with van der Waals surface area (Å²) in [4.78, 5) is 38.0. The monoisotopic (exact) mass is 590 g/mol.